The number of halogens is 3. The number of nitrogens with zero attached hydrogens (tertiary/aromatic N) is 1. The monoisotopic (exact) mass is 405 g/mol. The van der Waals surface area contributed by atoms with E-state index in [1.54, 1.807) is 18.2 Å². The highest BCUT2D eigenvalue weighted by atomic mass is 32.2. The number of benzene rings is 1. The number of carbonyl (C=O) groups is 1. The minimum absolute atomic E-state index is 0.0703. The Balaban J connectivity index is 1.61. The highest BCUT2D eigenvalue weighted by Gasteiger charge is 2.49. The molecule has 6 nitrogen and oxygen atoms in total. The number of fused-ring (bicyclic) bond motifs is 2. The zero-order chi connectivity index (χ0) is 19.7. The second kappa shape index (κ2) is 7.51. The molecule has 1 aromatic carbocycles. The lowest BCUT2D eigenvalue weighted by Gasteiger charge is -2.45. The number of amides is 1. The molecule has 1 amide bonds. The Labute approximate surface area is 154 Å². The van der Waals surface area contributed by atoms with E-state index >= 15 is 0 Å². The number of carbonyl (C=O) groups excluding carboxylic acids is 1. The zero-order valence-corrected chi connectivity index (χ0v) is 14.9. The van der Waals surface area contributed by atoms with Gasteiger partial charge in [-0.25, -0.2) is 4.79 Å². The lowest BCUT2D eigenvalue weighted by molar-refractivity contribution is -0.0566. The molecule has 0 spiro atoms. The summed E-state index contributed by atoms with van der Waals surface area (Å²) in [4.78, 5) is 13.8. The molecule has 27 heavy (non-hydrogen) atoms. The summed E-state index contributed by atoms with van der Waals surface area (Å²) in [6.07, 6.45) is 3.41. The molecule has 0 radical (unpaired) electrons. The van der Waals surface area contributed by atoms with Crippen molar-refractivity contribution in [2.45, 2.75) is 24.6 Å². The lowest BCUT2D eigenvalue weighted by atomic mass is 9.78. The van der Waals surface area contributed by atoms with Gasteiger partial charge in [0.05, 0.1) is 12.6 Å². The van der Waals surface area contributed by atoms with E-state index in [0.29, 0.717) is 13.0 Å². The third-order valence-corrected chi connectivity index (χ3v) is 5.63. The van der Waals surface area contributed by atoms with Crippen LogP contribution in [-0.4, -0.2) is 44.1 Å². The first kappa shape index (κ1) is 19.7. The van der Waals surface area contributed by atoms with E-state index in [1.165, 1.54) is 4.90 Å². The van der Waals surface area contributed by atoms with Crippen molar-refractivity contribution < 1.29 is 35.3 Å². The van der Waals surface area contributed by atoms with Crippen LogP contribution in [0.5, 0.6) is 0 Å². The van der Waals surface area contributed by atoms with Gasteiger partial charge in [-0.2, -0.15) is 21.6 Å². The summed E-state index contributed by atoms with van der Waals surface area (Å²) in [5.41, 5.74) is -4.66. The fraction of sp³-hybridized carbons (Fsp3) is 0.471. The van der Waals surface area contributed by atoms with Crippen LogP contribution in [-0.2, 0) is 25.6 Å². The number of hydrogen-bond donors (Lipinski definition) is 0. The zero-order valence-electron chi connectivity index (χ0n) is 14.1. The van der Waals surface area contributed by atoms with Crippen LogP contribution in [0.25, 0.3) is 0 Å². The molecule has 3 unspecified atom stereocenters. The van der Waals surface area contributed by atoms with Crippen molar-refractivity contribution in [3.63, 3.8) is 0 Å². The summed E-state index contributed by atoms with van der Waals surface area (Å²) in [6.45, 7) is -0.200. The maximum Gasteiger partial charge on any atom is 0.523 e. The topological polar surface area (TPSA) is 72.9 Å². The number of rotatable bonds is 5. The van der Waals surface area contributed by atoms with Gasteiger partial charge in [-0.15, -0.1) is 0 Å². The quantitative estimate of drug-likeness (QED) is 0.428. The van der Waals surface area contributed by atoms with Crippen molar-refractivity contribution in [1.82, 2.24) is 4.90 Å². The van der Waals surface area contributed by atoms with Gasteiger partial charge in [-0.3, -0.25) is 4.18 Å². The Morgan fingerprint density at radius 1 is 1.19 bits per heavy atom. The highest BCUT2D eigenvalue weighted by molar-refractivity contribution is 7.87. The van der Waals surface area contributed by atoms with E-state index < -0.39 is 40.3 Å². The Hall–Kier alpha value is -2.07. The molecule has 1 saturated heterocycles. The van der Waals surface area contributed by atoms with Crippen molar-refractivity contribution in [2.24, 2.45) is 11.8 Å². The fourth-order valence-electron chi connectivity index (χ4n) is 3.31. The molecule has 1 aromatic rings. The largest absolute Gasteiger partial charge is 0.523 e. The minimum Gasteiger partial charge on any atom is -0.445 e. The summed E-state index contributed by atoms with van der Waals surface area (Å²) < 4.78 is 69.0. The van der Waals surface area contributed by atoms with Gasteiger partial charge in [-0.1, -0.05) is 42.5 Å². The molecule has 3 atom stereocenters. The van der Waals surface area contributed by atoms with E-state index in [1.807, 2.05) is 24.3 Å². The van der Waals surface area contributed by atoms with E-state index in [2.05, 4.69) is 4.18 Å². The van der Waals surface area contributed by atoms with Crippen LogP contribution in [0.4, 0.5) is 18.0 Å². The van der Waals surface area contributed by atoms with Crippen LogP contribution >= 0.6 is 0 Å². The van der Waals surface area contributed by atoms with E-state index in [4.69, 9.17) is 4.74 Å². The smallest absolute Gasteiger partial charge is 0.445 e. The minimum atomic E-state index is -5.66. The second-order valence-electron chi connectivity index (χ2n) is 6.51. The number of ether oxygens (including phenoxy) is 1. The molecular formula is C17H18F3NO5S. The predicted octanol–water partition coefficient (Wildman–Crippen LogP) is 3.07. The van der Waals surface area contributed by atoms with Gasteiger partial charge in [0, 0.05) is 12.5 Å². The SMILES string of the molecule is O=C(OCc1ccccc1)N1CC2C=CC1C(COS(=O)(=O)C(F)(F)F)C2. The van der Waals surface area contributed by atoms with Gasteiger partial charge in [-0.05, 0) is 17.9 Å². The Morgan fingerprint density at radius 3 is 2.52 bits per heavy atom. The van der Waals surface area contributed by atoms with Gasteiger partial charge in [0.25, 0.3) is 0 Å². The Kier molecular flexibility index (Phi) is 5.48. The fourth-order valence-corrected chi connectivity index (χ4v) is 3.80. The summed E-state index contributed by atoms with van der Waals surface area (Å²) >= 11 is 0. The van der Waals surface area contributed by atoms with Gasteiger partial charge in [0.1, 0.15) is 6.61 Å². The van der Waals surface area contributed by atoms with Crippen molar-refractivity contribution in [1.29, 1.82) is 0 Å². The van der Waals surface area contributed by atoms with Crippen LogP contribution in [0.2, 0.25) is 0 Å². The highest BCUT2D eigenvalue weighted by Crippen LogP contribution is 2.36. The van der Waals surface area contributed by atoms with Crippen LogP contribution in [0.1, 0.15) is 12.0 Å². The average molecular weight is 405 g/mol. The normalized spacial score (nSPS) is 24.9. The summed E-state index contributed by atoms with van der Waals surface area (Å²) in [5, 5.41) is 0. The van der Waals surface area contributed by atoms with Gasteiger partial charge in [0.15, 0.2) is 0 Å². The molecule has 1 fully saturated rings. The van der Waals surface area contributed by atoms with Crippen molar-refractivity contribution >= 4 is 16.2 Å². The van der Waals surface area contributed by atoms with Gasteiger partial charge < -0.3 is 9.64 Å². The third kappa shape index (κ3) is 4.44. The molecule has 148 valence electrons. The summed E-state index contributed by atoms with van der Waals surface area (Å²) in [7, 11) is -5.66. The van der Waals surface area contributed by atoms with Crippen LogP contribution < -0.4 is 0 Å². The average Bonchev–Trinajstić information content (AvgIpc) is 2.65. The number of piperidine rings is 1. The summed E-state index contributed by atoms with van der Waals surface area (Å²) in [6, 6.07) is 8.48. The van der Waals surface area contributed by atoms with Crippen LogP contribution in [0, 0.1) is 11.8 Å². The predicted molar refractivity (Wildman–Crippen MR) is 88.8 cm³/mol. The maximum atomic E-state index is 12.4. The molecule has 2 heterocycles. The van der Waals surface area contributed by atoms with Gasteiger partial charge >= 0.3 is 21.7 Å². The lowest BCUT2D eigenvalue weighted by Crippen LogP contribution is -2.54. The molecular weight excluding hydrogens is 387 g/mol. The first-order chi connectivity index (χ1) is 12.7. The van der Waals surface area contributed by atoms with Crippen LogP contribution in [0.15, 0.2) is 42.5 Å². The molecule has 1 aliphatic carbocycles. The molecule has 0 aromatic heterocycles. The van der Waals surface area contributed by atoms with Crippen LogP contribution in [0.3, 0.4) is 0 Å². The Morgan fingerprint density at radius 2 is 1.89 bits per heavy atom. The van der Waals surface area contributed by atoms with E-state index in [-0.39, 0.29) is 12.5 Å². The summed E-state index contributed by atoms with van der Waals surface area (Å²) in [5.74, 6) is -0.642. The number of alkyl halides is 3. The van der Waals surface area contributed by atoms with Gasteiger partial charge in [0.2, 0.25) is 0 Å². The molecule has 4 rings (SSSR count). The van der Waals surface area contributed by atoms with Crippen molar-refractivity contribution in [2.75, 3.05) is 13.2 Å². The molecule has 10 heteroatoms. The second-order valence-corrected chi connectivity index (χ2v) is 8.12. The molecule has 0 N–H and O–H groups in total. The van der Waals surface area contributed by atoms with Crippen molar-refractivity contribution in [3.8, 4) is 0 Å². The van der Waals surface area contributed by atoms with E-state index in [9.17, 15) is 26.4 Å². The first-order valence-corrected chi connectivity index (χ1v) is 9.69. The standard InChI is InChI=1S/C17H18F3NO5S/c18-17(19,20)27(23,24)26-11-14-8-13-6-7-15(14)21(9-13)16(22)25-10-12-4-2-1-3-5-12/h1-7,13-15H,8-11H2. The molecule has 2 bridgehead atoms. The maximum absolute atomic E-state index is 12.4. The van der Waals surface area contributed by atoms with Crippen molar-refractivity contribution in [3.05, 3.63) is 48.0 Å². The van der Waals surface area contributed by atoms with E-state index in [0.717, 1.165) is 5.56 Å². The Bertz CT molecular complexity index is 810. The third-order valence-electron chi connectivity index (χ3n) is 4.62. The molecule has 2 aliphatic heterocycles. The number of hydrogen-bond acceptors (Lipinski definition) is 5. The first-order valence-electron chi connectivity index (χ1n) is 8.29. The molecule has 0 saturated carbocycles. The molecule has 3 aliphatic rings.